The molecule has 1 aliphatic heterocycles. The standard InChI is InChI=1S/C9H5F12NO2/c1-2-22-3-4(6(10,11)12,7(13,14)15)24-5(23-3,8(16,17)18)9(19,20)21/h2H2,1H3. The number of ether oxygens (including phenoxy) is 2. The molecule has 0 atom stereocenters. The van der Waals surface area contributed by atoms with Crippen molar-refractivity contribution in [2.24, 2.45) is 4.99 Å². The molecular formula is C9H5F12NO2. The highest BCUT2D eigenvalue weighted by Gasteiger charge is 2.91. The van der Waals surface area contributed by atoms with Crippen molar-refractivity contribution in [2.75, 3.05) is 6.54 Å². The molecule has 1 aliphatic rings. The van der Waals surface area contributed by atoms with Crippen molar-refractivity contribution in [3.8, 4) is 0 Å². The molecule has 0 saturated carbocycles. The topological polar surface area (TPSA) is 30.8 Å². The van der Waals surface area contributed by atoms with Crippen molar-refractivity contribution in [3.05, 3.63) is 0 Å². The predicted octanol–water partition coefficient (Wildman–Crippen LogP) is 4.14. The van der Waals surface area contributed by atoms with Gasteiger partial charge in [-0.15, -0.1) is 0 Å². The van der Waals surface area contributed by atoms with Crippen LogP contribution in [-0.4, -0.2) is 48.5 Å². The zero-order valence-corrected chi connectivity index (χ0v) is 11.0. The number of halogens is 12. The van der Waals surface area contributed by atoms with Crippen LogP contribution in [0.5, 0.6) is 0 Å². The Balaban J connectivity index is 3.84. The molecule has 0 N–H and O–H groups in total. The second-order valence-corrected chi connectivity index (χ2v) is 4.27. The van der Waals surface area contributed by atoms with Gasteiger partial charge in [-0.3, -0.25) is 9.73 Å². The lowest BCUT2D eigenvalue weighted by molar-refractivity contribution is -0.473. The quantitative estimate of drug-likeness (QED) is 0.634. The number of rotatable bonds is 1. The zero-order valence-electron chi connectivity index (χ0n) is 11.0. The third-order valence-electron chi connectivity index (χ3n) is 2.68. The lowest BCUT2D eigenvalue weighted by Gasteiger charge is -2.34. The second kappa shape index (κ2) is 5.29. The molecule has 0 radical (unpaired) electrons. The molecule has 1 saturated heterocycles. The minimum absolute atomic E-state index is 0.759. The highest BCUT2D eigenvalue weighted by Crippen LogP contribution is 2.60. The molecular weight excluding hydrogens is 382 g/mol. The Labute approximate surface area is 124 Å². The predicted molar refractivity (Wildman–Crippen MR) is 49.8 cm³/mol. The smallest absolute Gasteiger partial charge is 0.429 e. The SMILES string of the molecule is CCN=C1OC(C(F)(F)F)(C(F)(F)F)OC1(C(F)(F)F)C(F)(F)F. The average molecular weight is 387 g/mol. The van der Waals surface area contributed by atoms with Gasteiger partial charge in [-0.2, -0.15) is 52.7 Å². The molecule has 0 spiro atoms. The molecule has 1 rings (SSSR count). The largest absolute Gasteiger partial charge is 0.465 e. The van der Waals surface area contributed by atoms with Gasteiger partial charge in [-0.1, -0.05) is 0 Å². The van der Waals surface area contributed by atoms with Crippen LogP contribution < -0.4 is 0 Å². The maximum Gasteiger partial charge on any atom is 0.465 e. The van der Waals surface area contributed by atoms with Crippen LogP contribution >= 0.6 is 0 Å². The Morgan fingerprint density at radius 2 is 1.12 bits per heavy atom. The van der Waals surface area contributed by atoms with Gasteiger partial charge < -0.3 is 4.74 Å². The highest BCUT2D eigenvalue weighted by atomic mass is 19.4. The van der Waals surface area contributed by atoms with Crippen LogP contribution in [0.2, 0.25) is 0 Å². The van der Waals surface area contributed by atoms with Crippen LogP contribution in [0.3, 0.4) is 0 Å². The van der Waals surface area contributed by atoms with Crippen LogP contribution in [0.4, 0.5) is 52.7 Å². The van der Waals surface area contributed by atoms with Crippen LogP contribution in [-0.2, 0) is 9.47 Å². The van der Waals surface area contributed by atoms with Crippen molar-refractivity contribution in [2.45, 2.75) is 43.0 Å². The van der Waals surface area contributed by atoms with Gasteiger partial charge in [0, 0.05) is 6.54 Å². The summed E-state index contributed by atoms with van der Waals surface area (Å²) in [6, 6.07) is 0. The van der Waals surface area contributed by atoms with Gasteiger partial charge in [-0.25, -0.2) is 0 Å². The summed E-state index contributed by atoms with van der Waals surface area (Å²) in [5.74, 6) is -9.11. The highest BCUT2D eigenvalue weighted by molar-refractivity contribution is 5.89. The van der Waals surface area contributed by atoms with E-state index in [1.165, 1.54) is 0 Å². The first-order valence-electron chi connectivity index (χ1n) is 5.58. The molecule has 0 aliphatic carbocycles. The van der Waals surface area contributed by atoms with Gasteiger partial charge in [0.15, 0.2) is 0 Å². The molecule has 0 aromatic rings. The van der Waals surface area contributed by atoms with E-state index in [-0.39, 0.29) is 0 Å². The molecule has 0 unspecified atom stereocenters. The van der Waals surface area contributed by atoms with Crippen LogP contribution in [0.25, 0.3) is 0 Å². The van der Waals surface area contributed by atoms with Gasteiger partial charge in [0.1, 0.15) is 0 Å². The van der Waals surface area contributed by atoms with E-state index in [4.69, 9.17) is 0 Å². The molecule has 142 valence electrons. The minimum atomic E-state index is -6.82. The van der Waals surface area contributed by atoms with Crippen LogP contribution in [0.1, 0.15) is 6.92 Å². The summed E-state index contributed by atoms with van der Waals surface area (Å²) in [5, 5.41) is 0. The molecule has 24 heavy (non-hydrogen) atoms. The second-order valence-electron chi connectivity index (χ2n) is 4.27. The summed E-state index contributed by atoms with van der Waals surface area (Å²) in [6.45, 7) is -0.284. The van der Waals surface area contributed by atoms with Gasteiger partial charge in [0.2, 0.25) is 5.90 Å². The first kappa shape index (κ1) is 20.6. The van der Waals surface area contributed by atoms with Gasteiger partial charge in [-0.05, 0) is 6.92 Å². The number of nitrogens with zero attached hydrogens (tertiary/aromatic N) is 1. The van der Waals surface area contributed by atoms with E-state index >= 15 is 0 Å². The number of hydrogen-bond acceptors (Lipinski definition) is 3. The van der Waals surface area contributed by atoms with E-state index in [9.17, 15) is 52.7 Å². The molecule has 1 heterocycles. The zero-order chi connectivity index (χ0) is 19.4. The van der Waals surface area contributed by atoms with E-state index in [1.54, 1.807) is 0 Å². The Hall–Kier alpha value is -1.41. The summed E-state index contributed by atoms with van der Waals surface area (Å²) in [4.78, 5) is 2.36. The Morgan fingerprint density at radius 1 is 0.750 bits per heavy atom. The summed E-state index contributed by atoms with van der Waals surface area (Å²) >= 11 is 0. The van der Waals surface area contributed by atoms with Crippen LogP contribution in [0, 0.1) is 0 Å². The van der Waals surface area contributed by atoms with E-state index < -0.39 is 48.5 Å². The molecule has 0 aromatic heterocycles. The van der Waals surface area contributed by atoms with E-state index in [1.807, 2.05) is 0 Å². The Bertz CT molecular complexity index is 483. The molecule has 0 aromatic carbocycles. The Kier molecular flexibility index (Phi) is 4.55. The number of aliphatic imine (C=N–C) groups is 1. The third-order valence-corrected chi connectivity index (χ3v) is 2.68. The maximum absolute atomic E-state index is 12.9. The van der Waals surface area contributed by atoms with E-state index in [0.717, 1.165) is 6.92 Å². The van der Waals surface area contributed by atoms with Crippen molar-refractivity contribution in [1.29, 1.82) is 0 Å². The summed E-state index contributed by atoms with van der Waals surface area (Å²) in [7, 11) is 0. The van der Waals surface area contributed by atoms with Gasteiger partial charge in [0.25, 0.3) is 0 Å². The number of hydrogen-bond donors (Lipinski definition) is 0. The van der Waals surface area contributed by atoms with E-state index in [2.05, 4.69) is 14.5 Å². The summed E-state index contributed by atoms with van der Waals surface area (Å²) in [5.41, 5.74) is -6.03. The van der Waals surface area contributed by atoms with Crippen molar-refractivity contribution < 1.29 is 62.2 Å². The monoisotopic (exact) mass is 387 g/mol. The first-order valence-corrected chi connectivity index (χ1v) is 5.58. The summed E-state index contributed by atoms with van der Waals surface area (Å²) < 4.78 is 159. The average Bonchev–Trinajstić information content (AvgIpc) is 2.64. The van der Waals surface area contributed by atoms with Crippen LogP contribution in [0.15, 0.2) is 4.99 Å². The fourth-order valence-electron chi connectivity index (χ4n) is 1.69. The normalized spacial score (nSPS) is 23.5. The van der Waals surface area contributed by atoms with Crippen molar-refractivity contribution in [1.82, 2.24) is 0 Å². The molecule has 3 nitrogen and oxygen atoms in total. The maximum atomic E-state index is 12.9. The first-order chi connectivity index (χ1) is 10.4. The summed E-state index contributed by atoms with van der Waals surface area (Å²) in [6.07, 6.45) is -27.2. The molecule has 0 bridgehead atoms. The third kappa shape index (κ3) is 2.65. The lowest BCUT2D eigenvalue weighted by Crippen LogP contribution is -2.65. The van der Waals surface area contributed by atoms with Gasteiger partial charge >= 0.3 is 36.1 Å². The fourth-order valence-corrected chi connectivity index (χ4v) is 1.69. The van der Waals surface area contributed by atoms with Crippen molar-refractivity contribution >= 4 is 5.90 Å². The minimum Gasteiger partial charge on any atom is -0.429 e. The Morgan fingerprint density at radius 3 is 1.38 bits per heavy atom. The lowest BCUT2D eigenvalue weighted by atomic mass is 10.0. The molecule has 15 heteroatoms. The molecule has 0 amide bonds. The number of alkyl halides is 12. The molecule has 1 fully saturated rings. The van der Waals surface area contributed by atoms with Crippen molar-refractivity contribution in [3.63, 3.8) is 0 Å². The van der Waals surface area contributed by atoms with E-state index in [0.29, 0.717) is 0 Å². The van der Waals surface area contributed by atoms with Gasteiger partial charge in [0.05, 0.1) is 0 Å². The fraction of sp³-hybridized carbons (Fsp3) is 0.889.